The van der Waals surface area contributed by atoms with Gasteiger partial charge in [-0.05, 0) is 55.2 Å². The van der Waals surface area contributed by atoms with Gasteiger partial charge in [-0.15, -0.1) is 0 Å². The minimum Gasteiger partial charge on any atom is -0.491 e. The van der Waals surface area contributed by atoms with Crippen LogP contribution in [-0.4, -0.2) is 22.7 Å². The third-order valence-corrected chi connectivity index (χ3v) is 5.35. The molecule has 0 spiro atoms. The highest BCUT2D eigenvalue weighted by Gasteiger charge is 2.05. The van der Waals surface area contributed by atoms with Crippen molar-refractivity contribution in [3.05, 3.63) is 66.5 Å². The Morgan fingerprint density at radius 3 is 2.03 bits per heavy atom. The molecule has 0 bridgehead atoms. The fourth-order valence-electron chi connectivity index (χ4n) is 3.51. The fraction of sp³-hybridized carbons (Fsp3) is 0.407. The number of unbranched alkanes of at least 4 members (excludes halogenated alkanes) is 5. The van der Waals surface area contributed by atoms with Gasteiger partial charge in [-0.1, -0.05) is 63.3 Å². The highest BCUT2D eigenvalue weighted by Crippen LogP contribution is 2.23. The predicted octanol–water partition coefficient (Wildman–Crippen LogP) is 7.45. The summed E-state index contributed by atoms with van der Waals surface area (Å²) in [5.74, 6) is 1.31. The first kappa shape index (κ1) is 22.9. The summed E-state index contributed by atoms with van der Waals surface area (Å²) >= 11 is 0. The molecular weight excluding hydrogens is 387 g/mol. The quantitative estimate of drug-likeness (QED) is 0.285. The first-order chi connectivity index (χ1) is 15.2. The topological polar surface area (TPSA) is 35.0 Å². The zero-order valence-corrected chi connectivity index (χ0v) is 18.7. The maximum atomic E-state index is 12.9. The van der Waals surface area contributed by atoms with Crippen LogP contribution < -0.4 is 4.74 Å². The minimum atomic E-state index is -0.986. The molecule has 3 rings (SSSR count). The number of rotatable bonds is 12. The molecule has 0 aliphatic rings. The van der Waals surface area contributed by atoms with Crippen molar-refractivity contribution in [1.29, 1.82) is 0 Å². The average molecular weight is 421 g/mol. The molecule has 1 aromatic heterocycles. The summed E-state index contributed by atoms with van der Waals surface area (Å²) in [7, 11) is 0. The van der Waals surface area contributed by atoms with E-state index in [-0.39, 0.29) is 6.61 Å². The second-order valence-electron chi connectivity index (χ2n) is 8.13. The molecule has 0 saturated heterocycles. The molecule has 1 heterocycles. The molecule has 164 valence electrons. The van der Waals surface area contributed by atoms with Crippen molar-refractivity contribution in [3.8, 4) is 28.3 Å². The standard InChI is InChI=1S/C27H33FN2O/c1-3-4-5-6-7-8-9-22-10-12-23(13-11-22)25-18-29-27(30-19-25)24-14-16-26(17-15-24)31-20-21(2)28/h10-19,21H,3-9,20H2,1-2H3. The molecule has 0 fully saturated rings. The number of hydrogen-bond donors (Lipinski definition) is 0. The molecule has 4 heteroatoms. The molecule has 0 aliphatic carbocycles. The lowest BCUT2D eigenvalue weighted by atomic mass is 10.0. The van der Waals surface area contributed by atoms with Gasteiger partial charge in [-0.25, -0.2) is 14.4 Å². The molecular formula is C27H33FN2O. The molecule has 1 atom stereocenters. The van der Waals surface area contributed by atoms with Crippen LogP contribution in [0.4, 0.5) is 4.39 Å². The molecule has 0 saturated carbocycles. The summed E-state index contributed by atoms with van der Waals surface area (Å²) in [6.07, 6.45) is 11.8. The van der Waals surface area contributed by atoms with Gasteiger partial charge in [0.2, 0.25) is 0 Å². The van der Waals surface area contributed by atoms with E-state index in [2.05, 4.69) is 41.2 Å². The summed E-state index contributed by atoms with van der Waals surface area (Å²) < 4.78 is 18.3. The van der Waals surface area contributed by atoms with Gasteiger partial charge in [0.05, 0.1) is 0 Å². The van der Waals surface area contributed by atoms with Gasteiger partial charge in [-0.3, -0.25) is 0 Å². The van der Waals surface area contributed by atoms with Crippen LogP contribution in [0.2, 0.25) is 0 Å². The normalized spacial score (nSPS) is 12.0. The van der Waals surface area contributed by atoms with Crippen LogP contribution in [0.3, 0.4) is 0 Å². The van der Waals surface area contributed by atoms with Crippen molar-refractivity contribution < 1.29 is 9.13 Å². The van der Waals surface area contributed by atoms with E-state index >= 15 is 0 Å². The first-order valence-corrected chi connectivity index (χ1v) is 11.4. The van der Waals surface area contributed by atoms with Crippen LogP contribution in [0.25, 0.3) is 22.5 Å². The Morgan fingerprint density at radius 1 is 0.774 bits per heavy atom. The van der Waals surface area contributed by atoms with Gasteiger partial charge in [0.15, 0.2) is 5.82 Å². The molecule has 0 N–H and O–H groups in total. The van der Waals surface area contributed by atoms with Gasteiger partial charge in [0.1, 0.15) is 18.5 Å². The zero-order valence-electron chi connectivity index (χ0n) is 18.7. The largest absolute Gasteiger partial charge is 0.491 e. The van der Waals surface area contributed by atoms with Crippen LogP contribution in [0.1, 0.15) is 57.9 Å². The average Bonchev–Trinajstić information content (AvgIpc) is 2.81. The van der Waals surface area contributed by atoms with Crippen molar-refractivity contribution >= 4 is 0 Å². The lowest BCUT2D eigenvalue weighted by Gasteiger charge is -2.08. The van der Waals surface area contributed by atoms with Gasteiger partial charge >= 0.3 is 0 Å². The summed E-state index contributed by atoms with van der Waals surface area (Å²) in [4.78, 5) is 9.05. The van der Waals surface area contributed by atoms with Gasteiger partial charge < -0.3 is 4.74 Å². The van der Waals surface area contributed by atoms with Crippen LogP contribution in [0.15, 0.2) is 60.9 Å². The van der Waals surface area contributed by atoms with Crippen molar-refractivity contribution in [2.45, 2.75) is 65.0 Å². The Labute approximate surface area is 185 Å². The molecule has 0 radical (unpaired) electrons. The van der Waals surface area contributed by atoms with Gasteiger partial charge in [0, 0.05) is 23.5 Å². The number of ether oxygens (including phenoxy) is 1. The van der Waals surface area contributed by atoms with Gasteiger partial charge in [0.25, 0.3) is 0 Å². The highest BCUT2D eigenvalue weighted by molar-refractivity contribution is 5.64. The van der Waals surface area contributed by atoms with Crippen molar-refractivity contribution in [3.63, 3.8) is 0 Å². The Morgan fingerprint density at radius 2 is 1.39 bits per heavy atom. The number of halogens is 1. The maximum absolute atomic E-state index is 12.9. The molecule has 1 unspecified atom stereocenters. The molecule has 3 nitrogen and oxygen atoms in total. The number of aryl methyl sites for hydroxylation is 1. The van der Waals surface area contributed by atoms with Gasteiger partial charge in [-0.2, -0.15) is 0 Å². The number of benzene rings is 2. The molecule has 31 heavy (non-hydrogen) atoms. The first-order valence-electron chi connectivity index (χ1n) is 11.4. The molecule has 2 aromatic carbocycles. The van der Waals surface area contributed by atoms with Crippen LogP contribution in [0, 0.1) is 0 Å². The number of alkyl halides is 1. The zero-order chi connectivity index (χ0) is 21.9. The van der Waals surface area contributed by atoms with E-state index in [0.717, 1.165) is 23.1 Å². The number of hydrogen-bond acceptors (Lipinski definition) is 3. The minimum absolute atomic E-state index is 0.0578. The van der Waals surface area contributed by atoms with E-state index in [1.807, 2.05) is 36.7 Å². The third-order valence-electron chi connectivity index (χ3n) is 5.35. The summed E-state index contributed by atoms with van der Waals surface area (Å²) in [6, 6.07) is 16.2. The second-order valence-corrected chi connectivity index (χ2v) is 8.13. The molecule has 0 aliphatic heterocycles. The van der Waals surface area contributed by atoms with Crippen molar-refractivity contribution in [1.82, 2.24) is 9.97 Å². The van der Waals surface area contributed by atoms with E-state index in [1.165, 1.54) is 51.0 Å². The lowest BCUT2D eigenvalue weighted by Crippen LogP contribution is -2.08. The fourth-order valence-corrected chi connectivity index (χ4v) is 3.51. The van der Waals surface area contributed by atoms with Crippen molar-refractivity contribution in [2.75, 3.05) is 6.61 Å². The second kappa shape index (κ2) is 12.2. The van der Waals surface area contributed by atoms with E-state index in [4.69, 9.17) is 4.74 Å². The summed E-state index contributed by atoms with van der Waals surface area (Å²) in [6.45, 7) is 3.79. The number of aromatic nitrogens is 2. The Kier molecular flexibility index (Phi) is 9.01. The van der Waals surface area contributed by atoms with E-state index in [0.29, 0.717) is 11.6 Å². The lowest BCUT2D eigenvalue weighted by molar-refractivity contribution is 0.210. The Balaban J connectivity index is 1.53. The smallest absolute Gasteiger partial charge is 0.159 e. The highest BCUT2D eigenvalue weighted by atomic mass is 19.1. The third kappa shape index (κ3) is 7.46. The summed E-state index contributed by atoms with van der Waals surface area (Å²) in [5.41, 5.74) is 4.43. The predicted molar refractivity (Wildman–Crippen MR) is 126 cm³/mol. The summed E-state index contributed by atoms with van der Waals surface area (Å²) in [5, 5.41) is 0. The molecule has 3 aromatic rings. The Hall–Kier alpha value is -2.75. The van der Waals surface area contributed by atoms with E-state index in [1.54, 1.807) is 0 Å². The van der Waals surface area contributed by atoms with E-state index in [9.17, 15) is 4.39 Å². The van der Waals surface area contributed by atoms with Crippen molar-refractivity contribution in [2.24, 2.45) is 0 Å². The Bertz CT molecular complexity index is 890. The number of nitrogens with zero attached hydrogens (tertiary/aromatic N) is 2. The molecule has 0 amide bonds. The van der Waals surface area contributed by atoms with Crippen LogP contribution in [0.5, 0.6) is 5.75 Å². The van der Waals surface area contributed by atoms with Crippen LogP contribution in [-0.2, 0) is 6.42 Å². The SMILES string of the molecule is CCCCCCCCc1ccc(-c2cnc(-c3ccc(OCC(C)F)cc3)nc2)cc1. The van der Waals surface area contributed by atoms with Crippen LogP contribution >= 0.6 is 0 Å². The monoisotopic (exact) mass is 420 g/mol. The maximum Gasteiger partial charge on any atom is 0.159 e. The van der Waals surface area contributed by atoms with E-state index < -0.39 is 6.17 Å².